The fourth-order valence-corrected chi connectivity index (χ4v) is 2.11. The molecule has 1 fully saturated rings. The molecule has 0 radical (unpaired) electrons. The highest BCUT2D eigenvalue weighted by molar-refractivity contribution is 4.76. The monoisotopic (exact) mass is 185 g/mol. The van der Waals surface area contributed by atoms with Gasteiger partial charge in [-0.1, -0.05) is 26.7 Å². The quantitative estimate of drug-likeness (QED) is 0.684. The SMILES string of the molecule is CCC(O)CNCC1CCCC1C. The molecule has 0 bridgehead atoms. The summed E-state index contributed by atoms with van der Waals surface area (Å²) >= 11 is 0. The molecule has 0 aromatic carbocycles. The van der Waals surface area contributed by atoms with E-state index >= 15 is 0 Å². The first-order valence-corrected chi connectivity index (χ1v) is 5.62. The van der Waals surface area contributed by atoms with Gasteiger partial charge in [-0.25, -0.2) is 0 Å². The van der Waals surface area contributed by atoms with Crippen LogP contribution in [0.15, 0.2) is 0 Å². The average Bonchev–Trinajstić information content (AvgIpc) is 2.52. The maximum absolute atomic E-state index is 9.34. The molecule has 13 heavy (non-hydrogen) atoms. The van der Waals surface area contributed by atoms with Crippen molar-refractivity contribution in [1.29, 1.82) is 0 Å². The Hall–Kier alpha value is -0.0800. The van der Waals surface area contributed by atoms with Crippen molar-refractivity contribution in [2.45, 2.75) is 45.6 Å². The normalized spacial score (nSPS) is 30.7. The van der Waals surface area contributed by atoms with Gasteiger partial charge in [-0.2, -0.15) is 0 Å². The van der Waals surface area contributed by atoms with Gasteiger partial charge in [-0.05, 0) is 31.2 Å². The van der Waals surface area contributed by atoms with Crippen LogP contribution in [0.25, 0.3) is 0 Å². The lowest BCUT2D eigenvalue weighted by molar-refractivity contribution is 0.164. The first-order chi connectivity index (χ1) is 6.24. The summed E-state index contributed by atoms with van der Waals surface area (Å²) in [4.78, 5) is 0. The Kier molecular flexibility index (Phi) is 4.74. The van der Waals surface area contributed by atoms with Crippen molar-refractivity contribution in [3.05, 3.63) is 0 Å². The minimum Gasteiger partial charge on any atom is -0.392 e. The Labute approximate surface area is 81.7 Å². The van der Waals surface area contributed by atoms with Gasteiger partial charge in [0.05, 0.1) is 6.10 Å². The van der Waals surface area contributed by atoms with E-state index in [0.717, 1.165) is 31.3 Å². The minimum absolute atomic E-state index is 0.156. The van der Waals surface area contributed by atoms with Gasteiger partial charge in [0.2, 0.25) is 0 Å². The first kappa shape index (κ1) is 11.0. The molecule has 0 aromatic heterocycles. The third-order valence-electron chi connectivity index (χ3n) is 3.30. The molecule has 2 heteroatoms. The molecule has 1 rings (SSSR count). The van der Waals surface area contributed by atoms with Crippen molar-refractivity contribution in [1.82, 2.24) is 5.32 Å². The van der Waals surface area contributed by atoms with Crippen LogP contribution in [0, 0.1) is 11.8 Å². The van der Waals surface area contributed by atoms with Crippen molar-refractivity contribution >= 4 is 0 Å². The summed E-state index contributed by atoms with van der Waals surface area (Å²) in [6.07, 6.45) is 4.85. The molecule has 1 aliphatic rings. The highest BCUT2D eigenvalue weighted by atomic mass is 16.3. The summed E-state index contributed by atoms with van der Waals surface area (Å²) in [6.45, 7) is 6.22. The van der Waals surface area contributed by atoms with Crippen molar-refractivity contribution in [2.24, 2.45) is 11.8 Å². The van der Waals surface area contributed by atoms with Gasteiger partial charge in [0, 0.05) is 6.54 Å². The summed E-state index contributed by atoms with van der Waals surface area (Å²) in [6, 6.07) is 0. The van der Waals surface area contributed by atoms with Crippen molar-refractivity contribution < 1.29 is 5.11 Å². The van der Waals surface area contributed by atoms with Crippen molar-refractivity contribution in [3.63, 3.8) is 0 Å². The van der Waals surface area contributed by atoms with E-state index in [9.17, 15) is 5.11 Å². The van der Waals surface area contributed by atoms with Gasteiger partial charge in [0.1, 0.15) is 0 Å². The minimum atomic E-state index is -0.156. The molecule has 0 amide bonds. The maximum Gasteiger partial charge on any atom is 0.0662 e. The second kappa shape index (κ2) is 5.61. The molecule has 0 spiro atoms. The van der Waals surface area contributed by atoms with E-state index in [-0.39, 0.29) is 6.10 Å². The standard InChI is InChI=1S/C11H23NO/c1-3-11(13)8-12-7-10-6-4-5-9(10)2/h9-13H,3-8H2,1-2H3. The van der Waals surface area contributed by atoms with Gasteiger partial charge in [0.25, 0.3) is 0 Å². The molecule has 78 valence electrons. The molecule has 2 N–H and O–H groups in total. The lowest BCUT2D eigenvalue weighted by atomic mass is 9.98. The molecule has 1 aliphatic carbocycles. The Bertz CT molecular complexity index is 138. The fraction of sp³-hybridized carbons (Fsp3) is 1.00. The van der Waals surface area contributed by atoms with E-state index in [2.05, 4.69) is 12.2 Å². The summed E-state index contributed by atoms with van der Waals surface area (Å²) in [5.41, 5.74) is 0. The van der Waals surface area contributed by atoms with E-state index in [4.69, 9.17) is 0 Å². The first-order valence-electron chi connectivity index (χ1n) is 5.62. The van der Waals surface area contributed by atoms with E-state index in [1.165, 1.54) is 19.3 Å². The molecule has 0 heterocycles. The van der Waals surface area contributed by atoms with Crippen molar-refractivity contribution in [3.8, 4) is 0 Å². The number of aliphatic hydroxyl groups excluding tert-OH is 1. The second-order valence-corrected chi connectivity index (χ2v) is 4.39. The molecule has 0 aromatic rings. The predicted octanol–water partition coefficient (Wildman–Crippen LogP) is 1.78. The predicted molar refractivity (Wildman–Crippen MR) is 55.7 cm³/mol. The number of rotatable bonds is 5. The third-order valence-corrected chi connectivity index (χ3v) is 3.30. The molecule has 0 aliphatic heterocycles. The highest BCUT2D eigenvalue weighted by Gasteiger charge is 2.22. The summed E-state index contributed by atoms with van der Waals surface area (Å²) in [7, 11) is 0. The molecule has 3 unspecified atom stereocenters. The Morgan fingerprint density at radius 1 is 1.46 bits per heavy atom. The van der Waals surface area contributed by atoms with Crippen LogP contribution in [-0.4, -0.2) is 24.3 Å². The molecule has 3 atom stereocenters. The van der Waals surface area contributed by atoms with Gasteiger partial charge in [-0.15, -0.1) is 0 Å². The van der Waals surface area contributed by atoms with Crippen LogP contribution in [0.4, 0.5) is 0 Å². The van der Waals surface area contributed by atoms with Crippen LogP contribution in [0.3, 0.4) is 0 Å². The smallest absolute Gasteiger partial charge is 0.0662 e. The van der Waals surface area contributed by atoms with E-state index in [1.807, 2.05) is 6.92 Å². The van der Waals surface area contributed by atoms with Gasteiger partial charge in [0.15, 0.2) is 0 Å². The average molecular weight is 185 g/mol. The van der Waals surface area contributed by atoms with Gasteiger partial charge < -0.3 is 10.4 Å². The summed E-state index contributed by atoms with van der Waals surface area (Å²) in [5, 5.41) is 12.7. The lowest BCUT2D eigenvalue weighted by Crippen LogP contribution is -2.31. The lowest BCUT2D eigenvalue weighted by Gasteiger charge is -2.17. The number of hydrogen-bond donors (Lipinski definition) is 2. The van der Waals surface area contributed by atoms with E-state index in [1.54, 1.807) is 0 Å². The van der Waals surface area contributed by atoms with Crippen LogP contribution in [0.5, 0.6) is 0 Å². The molecule has 0 saturated heterocycles. The van der Waals surface area contributed by atoms with E-state index in [0.29, 0.717) is 0 Å². The summed E-state index contributed by atoms with van der Waals surface area (Å²) in [5.74, 6) is 1.73. The van der Waals surface area contributed by atoms with Crippen LogP contribution in [0.1, 0.15) is 39.5 Å². The Balaban J connectivity index is 2.05. The Morgan fingerprint density at radius 3 is 2.77 bits per heavy atom. The molecule has 1 saturated carbocycles. The fourth-order valence-electron chi connectivity index (χ4n) is 2.11. The molecular formula is C11H23NO. The van der Waals surface area contributed by atoms with Gasteiger partial charge in [-0.3, -0.25) is 0 Å². The zero-order valence-electron chi connectivity index (χ0n) is 8.92. The second-order valence-electron chi connectivity index (χ2n) is 4.39. The van der Waals surface area contributed by atoms with Crippen LogP contribution < -0.4 is 5.32 Å². The largest absolute Gasteiger partial charge is 0.392 e. The highest BCUT2D eigenvalue weighted by Crippen LogP contribution is 2.30. The zero-order valence-corrected chi connectivity index (χ0v) is 8.92. The third kappa shape index (κ3) is 3.65. The number of hydrogen-bond acceptors (Lipinski definition) is 2. The van der Waals surface area contributed by atoms with Crippen LogP contribution >= 0.6 is 0 Å². The number of nitrogens with one attached hydrogen (secondary N) is 1. The number of aliphatic hydroxyl groups is 1. The van der Waals surface area contributed by atoms with Crippen LogP contribution in [-0.2, 0) is 0 Å². The topological polar surface area (TPSA) is 32.3 Å². The summed E-state index contributed by atoms with van der Waals surface area (Å²) < 4.78 is 0. The van der Waals surface area contributed by atoms with Gasteiger partial charge >= 0.3 is 0 Å². The van der Waals surface area contributed by atoms with Crippen LogP contribution in [0.2, 0.25) is 0 Å². The molecular weight excluding hydrogens is 162 g/mol. The van der Waals surface area contributed by atoms with E-state index < -0.39 is 0 Å². The van der Waals surface area contributed by atoms with Crippen molar-refractivity contribution in [2.75, 3.05) is 13.1 Å². The zero-order chi connectivity index (χ0) is 9.68. The maximum atomic E-state index is 9.34. The Morgan fingerprint density at radius 2 is 2.23 bits per heavy atom. The molecule has 2 nitrogen and oxygen atoms in total.